The third kappa shape index (κ3) is 2.92. The Morgan fingerprint density at radius 1 is 1.37 bits per heavy atom. The maximum absolute atomic E-state index is 12.5. The number of amides is 1. The number of carbonyl (C=O) groups excluding carboxylic acids is 1. The highest BCUT2D eigenvalue weighted by atomic mass is 16.4. The average Bonchev–Trinajstić information content (AvgIpc) is 2.62. The largest absolute Gasteiger partial charge is 0.478 e. The Bertz CT molecular complexity index is 487. The average molecular weight is 262 g/mol. The molecule has 2 heterocycles. The molecule has 102 valence electrons. The van der Waals surface area contributed by atoms with Crippen LogP contribution in [0.1, 0.15) is 53.5 Å². The molecule has 0 spiro atoms. The Kier molecular flexibility index (Phi) is 4.14. The number of nitrogens with zero attached hydrogens (tertiary/aromatic N) is 2. The van der Waals surface area contributed by atoms with E-state index in [4.69, 9.17) is 5.11 Å². The summed E-state index contributed by atoms with van der Waals surface area (Å²) in [4.78, 5) is 29.4. The molecule has 1 N–H and O–H groups in total. The van der Waals surface area contributed by atoms with Gasteiger partial charge in [0.1, 0.15) is 5.69 Å². The van der Waals surface area contributed by atoms with Crippen LogP contribution >= 0.6 is 0 Å². The zero-order valence-electron chi connectivity index (χ0n) is 11.0. The van der Waals surface area contributed by atoms with Gasteiger partial charge in [-0.15, -0.1) is 0 Å². The second kappa shape index (κ2) is 5.82. The molecule has 1 aliphatic rings. The molecule has 1 fully saturated rings. The number of hydrogen-bond acceptors (Lipinski definition) is 3. The van der Waals surface area contributed by atoms with Crippen molar-refractivity contribution in [1.29, 1.82) is 0 Å². The SMILES string of the molecule is CC1CCCCCN1C(=O)c1ncccc1C(=O)O. The van der Waals surface area contributed by atoms with Gasteiger partial charge in [-0.3, -0.25) is 9.78 Å². The Balaban J connectivity index is 2.30. The fourth-order valence-corrected chi connectivity index (χ4v) is 2.46. The lowest BCUT2D eigenvalue weighted by Crippen LogP contribution is -2.39. The van der Waals surface area contributed by atoms with Crippen LogP contribution in [-0.4, -0.2) is 39.5 Å². The zero-order chi connectivity index (χ0) is 13.8. The lowest BCUT2D eigenvalue weighted by Gasteiger charge is -2.27. The number of carboxylic acids is 1. The van der Waals surface area contributed by atoms with Crippen molar-refractivity contribution >= 4 is 11.9 Å². The normalized spacial score (nSPS) is 19.8. The Morgan fingerprint density at radius 2 is 2.16 bits per heavy atom. The highest BCUT2D eigenvalue weighted by Crippen LogP contribution is 2.19. The van der Waals surface area contributed by atoms with Crippen molar-refractivity contribution in [3.63, 3.8) is 0 Å². The van der Waals surface area contributed by atoms with Crippen LogP contribution in [0.4, 0.5) is 0 Å². The van der Waals surface area contributed by atoms with Gasteiger partial charge < -0.3 is 10.0 Å². The minimum Gasteiger partial charge on any atom is -0.478 e. The van der Waals surface area contributed by atoms with E-state index in [1.807, 2.05) is 6.92 Å². The van der Waals surface area contributed by atoms with Gasteiger partial charge in [-0.25, -0.2) is 4.79 Å². The second-order valence-electron chi connectivity index (χ2n) is 4.90. The van der Waals surface area contributed by atoms with Gasteiger partial charge in [0.2, 0.25) is 0 Å². The van der Waals surface area contributed by atoms with E-state index in [0.717, 1.165) is 25.7 Å². The molecule has 0 radical (unpaired) electrons. The summed E-state index contributed by atoms with van der Waals surface area (Å²) in [5, 5.41) is 9.12. The summed E-state index contributed by atoms with van der Waals surface area (Å²) in [5.74, 6) is -1.38. The van der Waals surface area contributed by atoms with Gasteiger partial charge >= 0.3 is 5.97 Å². The summed E-state index contributed by atoms with van der Waals surface area (Å²) < 4.78 is 0. The molecule has 1 unspecified atom stereocenters. The molecule has 1 amide bonds. The zero-order valence-corrected chi connectivity index (χ0v) is 11.0. The molecule has 1 aliphatic heterocycles. The number of carbonyl (C=O) groups is 2. The summed E-state index contributed by atoms with van der Waals surface area (Å²) >= 11 is 0. The van der Waals surface area contributed by atoms with Crippen LogP contribution in [0.15, 0.2) is 18.3 Å². The molecule has 0 bridgehead atoms. The van der Waals surface area contributed by atoms with Crippen molar-refractivity contribution in [3.05, 3.63) is 29.6 Å². The summed E-state index contributed by atoms with van der Waals surface area (Å²) in [6, 6.07) is 3.09. The maximum atomic E-state index is 12.5. The van der Waals surface area contributed by atoms with Crippen LogP contribution in [0.2, 0.25) is 0 Å². The van der Waals surface area contributed by atoms with Crippen molar-refractivity contribution in [2.24, 2.45) is 0 Å². The minimum atomic E-state index is -1.11. The Morgan fingerprint density at radius 3 is 2.89 bits per heavy atom. The maximum Gasteiger partial charge on any atom is 0.338 e. The lowest BCUT2D eigenvalue weighted by molar-refractivity contribution is 0.0649. The standard InChI is InChI=1S/C14H18N2O3/c1-10-6-3-2-4-9-16(10)13(17)12-11(14(18)19)7-5-8-15-12/h5,7-8,10H,2-4,6,9H2,1H3,(H,18,19). The fraction of sp³-hybridized carbons (Fsp3) is 0.500. The van der Waals surface area contributed by atoms with Crippen molar-refractivity contribution < 1.29 is 14.7 Å². The van der Waals surface area contributed by atoms with Crippen molar-refractivity contribution in [1.82, 2.24) is 9.88 Å². The van der Waals surface area contributed by atoms with Gasteiger partial charge in [0.05, 0.1) is 5.56 Å². The molecule has 5 heteroatoms. The summed E-state index contributed by atoms with van der Waals surface area (Å²) in [6.07, 6.45) is 5.61. The summed E-state index contributed by atoms with van der Waals surface area (Å²) in [5.41, 5.74) is 0.0210. The number of hydrogen-bond donors (Lipinski definition) is 1. The number of likely N-dealkylation sites (tertiary alicyclic amines) is 1. The summed E-state index contributed by atoms with van der Waals surface area (Å²) in [7, 11) is 0. The molecule has 1 aromatic rings. The van der Waals surface area contributed by atoms with E-state index in [9.17, 15) is 9.59 Å². The molecule has 0 saturated carbocycles. The van der Waals surface area contributed by atoms with Crippen molar-refractivity contribution in [2.45, 2.75) is 38.6 Å². The van der Waals surface area contributed by atoms with Crippen LogP contribution in [0, 0.1) is 0 Å². The van der Waals surface area contributed by atoms with Crippen LogP contribution < -0.4 is 0 Å². The van der Waals surface area contributed by atoms with Gasteiger partial charge in [-0.1, -0.05) is 12.8 Å². The Labute approximate surface area is 112 Å². The molecular formula is C14H18N2O3. The first-order valence-corrected chi connectivity index (χ1v) is 6.60. The van der Waals surface area contributed by atoms with Gasteiger partial charge in [-0.2, -0.15) is 0 Å². The number of pyridine rings is 1. The monoisotopic (exact) mass is 262 g/mol. The summed E-state index contributed by atoms with van der Waals surface area (Å²) in [6.45, 7) is 2.68. The van der Waals surface area contributed by atoms with Crippen LogP contribution in [-0.2, 0) is 0 Å². The van der Waals surface area contributed by atoms with E-state index in [1.54, 1.807) is 4.90 Å². The third-order valence-electron chi connectivity index (χ3n) is 3.55. The minimum absolute atomic E-state index is 0.0241. The quantitative estimate of drug-likeness (QED) is 0.886. The predicted octanol–water partition coefficient (Wildman–Crippen LogP) is 2.18. The Hall–Kier alpha value is -1.91. The van der Waals surface area contributed by atoms with Crippen molar-refractivity contribution in [3.8, 4) is 0 Å². The molecule has 19 heavy (non-hydrogen) atoms. The van der Waals surface area contributed by atoms with Crippen molar-refractivity contribution in [2.75, 3.05) is 6.54 Å². The van der Waals surface area contributed by atoms with Gasteiger partial charge in [0, 0.05) is 18.8 Å². The first kappa shape index (κ1) is 13.5. The highest BCUT2D eigenvalue weighted by molar-refractivity contribution is 6.03. The third-order valence-corrected chi connectivity index (χ3v) is 3.55. The molecule has 0 aliphatic carbocycles. The van der Waals surface area contributed by atoms with Gasteiger partial charge in [0.25, 0.3) is 5.91 Å². The first-order chi connectivity index (χ1) is 9.11. The molecule has 5 nitrogen and oxygen atoms in total. The van der Waals surface area contributed by atoms with Gasteiger partial charge in [-0.05, 0) is 31.9 Å². The topological polar surface area (TPSA) is 70.5 Å². The molecule has 1 aromatic heterocycles. The van der Waals surface area contributed by atoms with E-state index < -0.39 is 5.97 Å². The van der Waals surface area contributed by atoms with E-state index in [-0.39, 0.29) is 23.2 Å². The number of aromatic carboxylic acids is 1. The van der Waals surface area contributed by atoms with Crippen LogP contribution in [0.5, 0.6) is 0 Å². The molecule has 0 aromatic carbocycles. The molecular weight excluding hydrogens is 244 g/mol. The number of aromatic nitrogens is 1. The molecule has 1 atom stereocenters. The number of rotatable bonds is 2. The van der Waals surface area contributed by atoms with E-state index in [2.05, 4.69) is 4.98 Å². The lowest BCUT2D eigenvalue weighted by atomic mass is 10.1. The smallest absolute Gasteiger partial charge is 0.338 e. The molecule has 1 saturated heterocycles. The highest BCUT2D eigenvalue weighted by Gasteiger charge is 2.27. The molecule has 2 rings (SSSR count). The van der Waals surface area contributed by atoms with Crippen LogP contribution in [0.25, 0.3) is 0 Å². The van der Waals surface area contributed by atoms with E-state index in [1.165, 1.54) is 18.3 Å². The van der Waals surface area contributed by atoms with E-state index in [0.29, 0.717) is 6.54 Å². The van der Waals surface area contributed by atoms with Crippen LogP contribution in [0.3, 0.4) is 0 Å². The number of carboxylic acid groups (broad SMARTS) is 1. The van der Waals surface area contributed by atoms with Gasteiger partial charge in [0.15, 0.2) is 0 Å². The fourth-order valence-electron chi connectivity index (χ4n) is 2.46. The van der Waals surface area contributed by atoms with E-state index >= 15 is 0 Å². The second-order valence-corrected chi connectivity index (χ2v) is 4.90. The predicted molar refractivity (Wildman–Crippen MR) is 70.2 cm³/mol. The first-order valence-electron chi connectivity index (χ1n) is 6.60.